The van der Waals surface area contributed by atoms with Gasteiger partial charge in [0.05, 0.1) is 22.6 Å². The molecule has 4 rings (SSSR count). The predicted molar refractivity (Wildman–Crippen MR) is 108 cm³/mol. The van der Waals surface area contributed by atoms with Crippen molar-refractivity contribution in [2.24, 2.45) is 0 Å². The van der Waals surface area contributed by atoms with Crippen LogP contribution in [0.1, 0.15) is 16.6 Å². The highest BCUT2D eigenvalue weighted by Gasteiger charge is 2.23. The van der Waals surface area contributed by atoms with Gasteiger partial charge in [-0.3, -0.25) is 9.69 Å². The fourth-order valence-corrected chi connectivity index (χ4v) is 4.64. The minimum absolute atomic E-state index is 0.152. The number of hydrogen-bond acceptors (Lipinski definition) is 4. The normalized spacial score (nSPS) is 15.7. The van der Waals surface area contributed by atoms with Crippen molar-refractivity contribution in [3.8, 4) is 0 Å². The van der Waals surface area contributed by atoms with Gasteiger partial charge in [-0.15, -0.1) is 11.3 Å². The monoisotopic (exact) mass is 386 g/mol. The number of amides is 1. The first kappa shape index (κ1) is 17.5. The number of carbonyl (C=O) groups is 1. The number of para-hydroxylation sites is 2. The molecule has 0 bridgehead atoms. The molecule has 1 aromatic carbocycles. The topological polar surface area (TPSA) is 33.4 Å². The summed E-state index contributed by atoms with van der Waals surface area (Å²) in [7, 11) is 0. The third-order valence-electron chi connectivity index (χ3n) is 4.97. The second-order valence-corrected chi connectivity index (χ2v) is 7.79. The highest BCUT2D eigenvalue weighted by Crippen LogP contribution is 2.19. The van der Waals surface area contributed by atoms with Crippen LogP contribution >= 0.6 is 23.6 Å². The average molecular weight is 387 g/mol. The Hall–Kier alpha value is -1.96. The summed E-state index contributed by atoms with van der Waals surface area (Å²) in [4.78, 5) is 17.6. The molecule has 0 spiro atoms. The van der Waals surface area contributed by atoms with Crippen molar-refractivity contribution in [2.75, 3.05) is 26.2 Å². The molecule has 0 unspecified atom stereocenters. The summed E-state index contributed by atoms with van der Waals surface area (Å²) < 4.78 is 5.26. The van der Waals surface area contributed by atoms with Gasteiger partial charge in [-0.2, -0.15) is 0 Å². The molecular weight excluding hydrogens is 364 g/mol. The lowest BCUT2D eigenvalue weighted by atomic mass is 10.3. The number of benzene rings is 1. The Morgan fingerprint density at radius 2 is 1.73 bits per heavy atom. The van der Waals surface area contributed by atoms with E-state index >= 15 is 0 Å². The zero-order valence-corrected chi connectivity index (χ0v) is 16.4. The maximum atomic E-state index is 12.5. The Bertz CT molecular complexity index is 965. The lowest BCUT2D eigenvalue weighted by Gasteiger charge is -2.34. The number of hydrogen-bond donors (Lipinski definition) is 0. The zero-order chi connectivity index (χ0) is 18.1. The largest absolute Gasteiger partial charge is 0.335 e. The first-order valence-electron chi connectivity index (χ1n) is 8.92. The van der Waals surface area contributed by atoms with E-state index in [2.05, 4.69) is 45.2 Å². The number of nitrogens with zero attached hydrogens (tertiary/aromatic N) is 4. The molecule has 7 heteroatoms. The lowest BCUT2D eigenvalue weighted by Crippen LogP contribution is -2.48. The molecule has 3 heterocycles. The minimum Gasteiger partial charge on any atom is -0.335 e. The third-order valence-corrected chi connectivity index (χ3v) is 6.27. The second kappa shape index (κ2) is 7.34. The Kier molecular flexibility index (Phi) is 4.93. The van der Waals surface area contributed by atoms with Crippen molar-refractivity contribution in [1.29, 1.82) is 0 Å². The molecule has 1 saturated heterocycles. The van der Waals surface area contributed by atoms with Gasteiger partial charge in [-0.1, -0.05) is 18.2 Å². The number of rotatable bonds is 4. The Labute approximate surface area is 162 Å². The van der Waals surface area contributed by atoms with E-state index in [1.54, 1.807) is 0 Å². The molecule has 0 aliphatic carbocycles. The summed E-state index contributed by atoms with van der Waals surface area (Å²) in [6.45, 7) is 7.02. The summed E-state index contributed by atoms with van der Waals surface area (Å²) in [6.07, 6.45) is 0. The van der Waals surface area contributed by atoms with Crippen LogP contribution in [0.25, 0.3) is 11.0 Å². The van der Waals surface area contributed by atoms with Gasteiger partial charge in [-0.25, -0.2) is 0 Å². The van der Waals surface area contributed by atoms with Crippen LogP contribution in [0.2, 0.25) is 0 Å². The van der Waals surface area contributed by atoms with Crippen LogP contribution in [0, 0.1) is 4.77 Å². The van der Waals surface area contributed by atoms with E-state index in [9.17, 15) is 4.79 Å². The molecule has 0 radical (unpaired) electrons. The predicted octanol–water partition coefficient (Wildman–Crippen LogP) is 3.67. The Morgan fingerprint density at radius 1 is 1.04 bits per heavy atom. The molecule has 1 aliphatic rings. The van der Waals surface area contributed by atoms with E-state index in [1.807, 2.05) is 22.4 Å². The maximum Gasteiger partial charge on any atom is 0.264 e. The summed E-state index contributed by atoms with van der Waals surface area (Å²) in [5, 5.41) is 1.95. The highest BCUT2D eigenvalue weighted by atomic mass is 32.1. The van der Waals surface area contributed by atoms with E-state index in [0.29, 0.717) is 0 Å². The van der Waals surface area contributed by atoms with Gasteiger partial charge in [0, 0.05) is 32.7 Å². The molecule has 136 valence electrons. The fourth-order valence-electron chi connectivity index (χ4n) is 3.56. The number of thiophene rings is 1. The van der Waals surface area contributed by atoms with Gasteiger partial charge in [0.1, 0.15) is 0 Å². The Balaban J connectivity index is 1.48. The van der Waals surface area contributed by atoms with Crippen molar-refractivity contribution in [2.45, 2.75) is 20.1 Å². The standard InChI is InChI=1S/C19H22N4OS2/c1-2-22-15-6-3-4-7-16(15)23(19(22)25)14-20-9-11-21(12-10-20)18(24)17-8-5-13-26-17/h3-8,13H,2,9-12,14H2,1H3. The molecule has 2 aromatic heterocycles. The van der Waals surface area contributed by atoms with E-state index in [-0.39, 0.29) is 5.91 Å². The molecule has 5 nitrogen and oxygen atoms in total. The van der Waals surface area contributed by atoms with Crippen LogP contribution in [0.4, 0.5) is 0 Å². The average Bonchev–Trinajstić information content (AvgIpc) is 3.29. The molecule has 0 atom stereocenters. The van der Waals surface area contributed by atoms with E-state index in [1.165, 1.54) is 22.4 Å². The summed E-state index contributed by atoms with van der Waals surface area (Å²) in [5.41, 5.74) is 2.36. The van der Waals surface area contributed by atoms with Crippen LogP contribution in [0.5, 0.6) is 0 Å². The maximum absolute atomic E-state index is 12.5. The molecule has 26 heavy (non-hydrogen) atoms. The summed E-state index contributed by atoms with van der Waals surface area (Å²) in [5.74, 6) is 0.152. The first-order valence-corrected chi connectivity index (χ1v) is 10.2. The smallest absolute Gasteiger partial charge is 0.264 e. The van der Waals surface area contributed by atoms with E-state index in [4.69, 9.17) is 12.2 Å². The third kappa shape index (κ3) is 3.11. The molecule has 1 aliphatic heterocycles. The van der Waals surface area contributed by atoms with Gasteiger partial charge < -0.3 is 14.0 Å². The number of imidazole rings is 1. The van der Waals surface area contributed by atoms with E-state index < -0.39 is 0 Å². The molecule has 0 N–H and O–H groups in total. The molecule has 3 aromatic rings. The van der Waals surface area contributed by atoms with Crippen molar-refractivity contribution < 1.29 is 4.79 Å². The highest BCUT2D eigenvalue weighted by molar-refractivity contribution is 7.71. The zero-order valence-electron chi connectivity index (χ0n) is 14.8. The van der Waals surface area contributed by atoms with Crippen LogP contribution in [0.3, 0.4) is 0 Å². The number of aryl methyl sites for hydroxylation is 1. The lowest BCUT2D eigenvalue weighted by molar-refractivity contribution is 0.0600. The van der Waals surface area contributed by atoms with Crippen molar-refractivity contribution in [3.05, 3.63) is 51.4 Å². The van der Waals surface area contributed by atoms with Crippen LogP contribution in [-0.2, 0) is 13.2 Å². The van der Waals surface area contributed by atoms with E-state index in [0.717, 1.165) is 49.0 Å². The quantitative estimate of drug-likeness (QED) is 0.642. The summed E-state index contributed by atoms with van der Waals surface area (Å²) in [6, 6.07) is 12.2. The fraction of sp³-hybridized carbons (Fsp3) is 0.368. The van der Waals surface area contributed by atoms with Gasteiger partial charge in [-0.05, 0) is 42.7 Å². The van der Waals surface area contributed by atoms with Gasteiger partial charge in [0.25, 0.3) is 5.91 Å². The van der Waals surface area contributed by atoms with Crippen molar-refractivity contribution in [3.63, 3.8) is 0 Å². The SMILES string of the molecule is CCn1c(=S)n(CN2CCN(C(=O)c3cccs3)CC2)c2ccccc21. The first-order chi connectivity index (χ1) is 12.7. The molecule has 1 fully saturated rings. The number of fused-ring (bicyclic) bond motifs is 1. The van der Waals surface area contributed by atoms with Crippen molar-refractivity contribution >= 4 is 40.5 Å². The van der Waals surface area contributed by atoms with Gasteiger partial charge >= 0.3 is 0 Å². The van der Waals surface area contributed by atoms with Crippen LogP contribution < -0.4 is 0 Å². The molecule has 1 amide bonds. The number of aromatic nitrogens is 2. The molecule has 0 saturated carbocycles. The number of carbonyl (C=O) groups excluding carboxylic acids is 1. The van der Waals surface area contributed by atoms with Crippen LogP contribution in [0.15, 0.2) is 41.8 Å². The summed E-state index contributed by atoms with van der Waals surface area (Å²) >= 11 is 7.23. The number of piperazine rings is 1. The van der Waals surface area contributed by atoms with Gasteiger partial charge in [0.15, 0.2) is 4.77 Å². The molecular formula is C19H22N4OS2. The Morgan fingerprint density at radius 3 is 2.35 bits per heavy atom. The second-order valence-electron chi connectivity index (χ2n) is 6.47. The minimum atomic E-state index is 0.152. The van der Waals surface area contributed by atoms with Gasteiger partial charge in [0.2, 0.25) is 0 Å². The van der Waals surface area contributed by atoms with Crippen LogP contribution in [-0.4, -0.2) is 51.0 Å². The van der Waals surface area contributed by atoms with Crippen molar-refractivity contribution in [1.82, 2.24) is 18.9 Å².